The van der Waals surface area contributed by atoms with Crippen LogP contribution in [-0.4, -0.2) is 12.5 Å². The minimum Gasteiger partial charge on any atom is -0.482 e. The molecule has 1 atom stereocenters. The maximum absolute atomic E-state index is 11.3. The highest BCUT2D eigenvalue weighted by molar-refractivity contribution is 7.12. The van der Waals surface area contributed by atoms with Crippen molar-refractivity contribution < 1.29 is 9.53 Å². The standard InChI is InChI=1S/C14H14N2O2S/c1-8-2-5-12(19-8)14(15)9-3-4-11-10(6-9)16-13(17)7-18-11/h2-6,14H,7,15H2,1H3,(H,16,17). The van der Waals surface area contributed by atoms with Gasteiger partial charge in [-0.25, -0.2) is 0 Å². The van der Waals surface area contributed by atoms with Crippen molar-refractivity contribution in [1.82, 2.24) is 0 Å². The van der Waals surface area contributed by atoms with Crippen molar-refractivity contribution in [3.63, 3.8) is 0 Å². The van der Waals surface area contributed by atoms with Gasteiger partial charge in [0.15, 0.2) is 6.61 Å². The molecule has 19 heavy (non-hydrogen) atoms. The molecule has 0 aliphatic carbocycles. The maximum atomic E-state index is 11.3. The Balaban J connectivity index is 1.93. The van der Waals surface area contributed by atoms with Crippen molar-refractivity contribution in [1.29, 1.82) is 0 Å². The molecule has 1 aromatic carbocycles. The van der Waals surface area contributed by atoms with Crippen LogP contribution in [0.15, 0.2) is 30.3 Å². The monoisotopic (exact) mass is 274 g/mol. The smallest absolute Gasteiger partial charge is 0.262 e. The Kier molecular flexibility index (Phi) is 3.00. The molecule has 2 heterocycles. The number of ether oxygens (including phenoxy) is 1. The van der Waals surface area contributed by atoms with Crippen molar-refractivity contribution in [2.24, 2.45) is 5.73 Å². The Morgan fingerprint density at radius 2 is 2.21 bits per heavy atom. The Hall–Kier alpha value is -1.85. The number of amides is 1. The number of carbonyl (C=O) groups is 1. The number of benzene rings is 1. The first-order valence-corrected chi connectivity index (χ1v) is 6.83. The van der Waals surface area contributed by atoms with E-state index in [1.165, 1.54) is 4.88 Å². The summed E-state index contributed by atoms with van der Waals surface area (Å²) in [7, 11) is 0. The predicted octanol–water partition coefficient (Wildman–Crippen LogP) is 2.44. The van der Waals surface area contributed by atoms with Gasteiger partial charge in [-0.3, -0.25) is 4.79 Å². The van der Waals surface area contributed by atoms with Crippen LogP contribution in [0.1, 0.15) is 21.4 Å². The summed E-state index contributed by atoms with van der Waals surface area (Å²) in [4.78, 5) is 13.7. The Bertz CT molecular complexity index is 636. The number of hydrogen-bond donors (Lipinski definition) is 2. The molecule has 0 fully saturated rings. The SMILES string of the molecule is Cc1ccc(C(N)c2ccc3c(c2)NC(=O)CO3)s1. The lowest BCUT2D eigenvalue weighted by atomic mass is 10.0. The van der Waals surface area contributed by atoms with E-state index in [-0.39, 0.29) is 18.6 Å². The van der Waals surface area contributed by atoms with Gasteiger partial charge in [0.25, 0.3) is 5.91 Å². The van der Waals surface area contributed by atoms with Gasteiger partial charge in [0, 0.05) is 9.75 Å². The Morgan fingerprint density at radius 1 is 1.37 bits per heavy atom. The van der Waals surface area contributed by atoms with Gasteiger partial charge in [-0.1, -0.05) is 6.07 Å². The molecule has 0 bridgehead atoms. The Morgan fingerprint density at radius 3 is 2.95 bits per heavy atom. The fourth-order valence-electron chi connectivity index (χ4n) is 2.08. The van der Waals surface area contributed by atoms with E-state index in [9.17, 15) is 4.79 Å². The molecule has 3 N–H and O–H groups in total. The first-order valence-electron chi connectivity index (χ1n) is 6.02. The first kappa shape index (κ1) is 12.2. The van der Waals surface area contributed by atoms with E-state index in [1.807, 2.05) is 24.3 Å². The third-order valence-corrected chi connectivity index (χ3v) is 4.15. The van der Waals surface area contributed by atoms with Crippen LogP contribution in [0.2, 0.25) is 0 Å². The summed E-state index contributed by atoms with van der Waals surface area (Å²) < 4.78 is 5.33. The molecule has 5 heteroatoms. The molecule has 1 aromatic heterocycles. The second-order valence-corrected chi connectivity index (χ2v) is 5.84. The maximum Gasteiger partial charge on any atom is 0.262 e. The van der Waals surface area contributed by atoms with E-state index >= 15 is 0 Å². The minimum absolute atomic E-state index is 0.0719. The first-order chi connectivity index (χ1) is 9.13. The summed E-state index contributed by atoms with van der Waals surface area (Å²) in [5.74, 6) is 0.558. The summed E-state index contributed by atoms with van der Waals surface area (Å²) in [6.45, 7) is 2.13. The number of nitrogens with two attached hydrogens (primary N) is 1. The lowest BCUT2D eigenvalue weighted by molar-refractivity contribution is -0.118. The fourth-order valence-corrected chi connectivity index (χ4v) is 2.99. The quantitative estimate of drug-likeness (QED) is 0.884. The average molecular weight is 274 g/mol. The number of aryl methyl sites for hydroxylation is 1. The third-order valence-electron chi connectivity index (χ3n) is 3.06. The molecular weight excluding hydrogens is 260 g/mol. The van der Waals surface area contributed by atoms with Crippen molar-refractivity contribution in [3.05, 3.63) is 45.6 Å². The van der Waals surface area contributed by atoms with Crippen molar-refractivity contribution in [2.45, 2.75) is 13.0 Å². The minimum atomic E-state index is -0.178. The van der Waals surface area contributed by atoms with Crippen molar-refractivity contribution in [3.8, 4) is 5.75 Å². The lowest BCUT2D eigenvalue weighted by Gasteiger charge is -2.20. The molecule has 3 rings (SSSR count). The van der Waals surface area contributed by atoms with Gasteiger partial charge < -0.3 is 15.8 Å². The molecule has 1 amide bonds. The van der Waals surface area contributed by atoms with Crippen LogP contribution in [0.3, 0.4) is 0 Å². The van der Waals surface area contributed by atoms with Gasteiger partial charge in [0.1, 0.15) is 5.75 Å². The molecule has 2 aromatic rings. The summed E-state index contributed by atoms with van der Waals surface area (Å²) in [5.41, 5.74) is 7.91. The van der Waals surface area contributed by atoms with Crippen molar-refractivity contribution in [2.75, 3.05) is 11.9 Å². The highest BCUT2D eigenvalue weighted by Crippen LogP contribution is 2.33. The van der Waals surface area contributed by atoms with Gasteiger partial charge in [-0.15, -0.1) is 11.3 Å². The Labute approximate surface area is 115 Å². The zero-order valence-corrected chi connectivity index (χ0v) is 11.3. The van der Waals surface area contributed by atoms with E-state index in [0.717, 1.165) is 10.4 Å². The lowest BCUT2D eigenvalue weighted by Crippen LogP contribution is -2.25. The van der Waals surface area contributed by atoms with E-state index in [2.05, 4.69) is 18.3 Å². The zero-order valence-electron chi connectivity index (χ0n) is 10.5. The second-order valence-electron chi connectivity index (χ2n) is 4.52. The van der Waals surface area contributed by atoms with Gasteiger partial charge in [-0.05, 0) is 36.8 Å². The zero-order chi connectivity index (χ0) is 13.4. The van der Waals surface area contributed by atoms with Gasteiger partial charge >= 0.3 is 0 Å². The average Bonchev–Trinajstić information content (AvgIpc) is 2.83. The highest BCUT2D eigenvalue weighted by Gasteiger charge is 2.18. The van der Waals surface area contributed by atoms with E-state index < -0.39 is 0 Å². The number of thiophene rings is 1. The molecule has 0 saturated heterocycles. The second kappa shape index (κ2) is 4.68. The topological polar surface area (TPSA) is 64.3 Å². The number of rotatable bonds is 2. The number of nitrogens with one attached hydrogen (secondary N) is 1. The van der Waals surface area contributed by atoms with E-state index in [0.29, 0.717) is 11.4 Å². The normalized spacial score (nSPS) is 15.4. The summed E-state index contributed by atoms with van der Waals surface area (Å²) >= 11 is 1.69. The fraction of sp³-hybridized carbons (Fsp3) is 0.214. The highest BCUT2D eigenvalue weighted by atomic mass is 32.1. The van der Waals surface area contributed by atoms with Crippen LogP contribution >= 0.6 is 11.3 Å². The van der Waals surface area contributed by atoms with Crippen LogP contribution in [-0.2, 0) is 4.79 Å². The molecule has 0 radical (unpaired) electrons. The van der Waals surface area contributed by atoms with Crippen LogP contribution in [0, 0.1) is 6.92 Å². The van der Waals surface area contributed by atoms with Gasteiger partial charge in [0.2, 0.25) is 0 Å². The third kappa shape index (κ3) is 2.34. The number of carbonyl (C=O) groups excluding carboxylic acids is 1. The summed E-state index contributed by atoms with van der Waals surface area (Å²) in [5, 5.41) is 2.80. The molecule has 98 valence electrons. The van der Waals surface area contributed by atoms with Crippen LogP contribution in [0.25, 0.3) is 0 Å². The molecule has 1 unspecified atom stereocenters. The van der Waals surface area contributed by atoms with Crippen LogP contribution in [0.5, 0.6) is 5.75 Å². The molecule has 1 aliphatic heterocycles. The summed E-state index contributed by atoms with van der Waals surface area (Å²) in [6, 6.07) is 9.59. The van der Waals surface area contributed by atoms with E-state index in [1.54, 1.807) is 11.3 Å². The number of hydrogen-bond acceptors (Lipinski definition) is 4. The van der Waals surface area contributed by atoms with E-state index in [4.69, 9.17) is 10.5 Å². The molecular formula is C14H14N2O2S. The largest absolute Gasteiger partial charge is 0.482 e. The molecule has 0 spiro atoms. The van der Waals surface area contributed by atoms with Crippen LogP contribution < -0.4 is 15.8 Å². The number of anilines is 1. The molecule has 0 saturated carbocycles. The number of fused-ring (bicyclic) bond motifs is 1. The van der Waals surface area contributed by atoms with Crippen molar-refractivity contribution >= 4 is 22.9 Å². The summed E-state index contributed by atoms with van der Waals surface area (Å²) in [6.07, 6.45) is 0. The van der Waals surface area contributed by atoms with Gasteiger partial charge in [0.05, 0.1) is 11.7 Å². The predicted molar refractivity (Wildman–Crippen MR) is 75.7 cm³/mol. The van der Waals surface area contributed by atoms with Gasteiger partial charge in [-0.2, -0.15) is 0 Å². The van der Waals surface area contributed by atoms with Crippen LogP contribution in [0.4, 0.5) is 5.69 Å². The molecule has 1 aliphatic rings. The molecule has 4 nitrogen and oxygen atoms in total.